The number of rotatable bonds is 2. The quantitative estimate of drug-likeness (QED) is 0.511. The Bertz CT molecular complexity index is 135. The van der Waals surface area contributed by atoms with E-state index in [9.17, 15) is 0 Å². The first kappa shape index (κ1) is 16.9. The second-order valence-corrected chi connectivity index (χ2v) is 3.81. The van der Waals surface area contributed by atoms with Gasteiger partial charge in [-0.2, -0.15) is 0 Å². The number of nitrogens with one attached hydrogen (secondary N) is 2. The van der Waals surface area contributed by atoms with E-state index >= 15 is 0 Å². The van der Waals surface area contributed by atoms with Crippen molar-refractivity contribution in [2.24, 2.45) is 5.41 Å². The molecule has 1 aliphatic heterocycles. The van der Waals surface area contributed by atoms with Crippen LogP contribution in [0.15, 0.2) is 0 Å². The van der Waals surface area contributed by atoms with E-state index in [4.69, 9.17) is 0 Å². The molecule has 1 fully saturated rings. The average Bonchev–Trinajstić information content (AvgIpc) is 2.05. The number of hydrogen-bond acceptors (Lipinski definition) is 3. The zero-order chi connectivity index (χ0) is 8.32. The van der Waals surface area contributed by atoms with Crippen LogP contribution in [0.1, 0.15) is 26.7 Å². The summed E-state index contributed by atoms with van der Waals surface area (Å²) in [4.78, 5) is 0. The Labute approximate surface area is 124 Å². The van der Waals surface area contributed by atoms with Crippen LogP contribution < -0.4 is 62.0 Å². The summed E-state index contributed by atoms with van der Waals surface area (Å²) in [6.07, 6.45) is 2.52. The molecule has 0 spiro atoms. The van der Waals surface area contributed by atoms with Crippen molar-refractivity contribution in [2.75, 3.05) is 20.1 Å². The maximum absolute atomic E-state index is 3.45. The van der Waals surface area contributed by atoms with Gasteiger partial charge in [0.15, 0.2) is 0 Å². The molecule has 3 nitrogen and oxygen atoms in total. The molecule has 74 valence electrons. The van der Waals surface area contributed by atoms with Crippen LogP contribution in [-0.4, -0.2) is 31.7 Å². The summed E-state index contributed by atoms with van der Waals surface area (Å²) in [6, 6.07) is 0.703. The van der Waals surface area contributed by atoms with Gasteiger partial charge in [0.05, 0.1) is 0 Å². The van der Waals surface area contributed by atoms with E-state index < -0.39 is 0 Å². The molecule has 2 unspecified atom stereocenters. The largest absolute Gasteiger partial charge is 1.00 e. The molecule has 1 heterocycles. The first-order valence-electron chi connectivity index (χ1n) is 4.61. The van der Waals surface area contributed by atoms with Gasteiger partial charge in [0.1, 0.15) is 0 Å². The second-order valence-electron chi connectivity index (χ2n) is 3.81. The van der Waals surface area contributed by atoms with Crippen LogP contribution in [0.25, 0.3) is 0 Å². The third kappa shape index (κ3) is 4.26. The van der Waals surface area contributed by atoms with Crippen molar-refractivity contribution in [2.45, 2.75) is 32.7 Å². The molecule has 1 saturated heterocycles. The molecule has 0 amide bonds. The Kier molecular flexibility index (Phi) is 10.1. The third-order valence-electron chi connectivity index (χ3n) is 3.14. The Morgan fingerprint density at radius 1 is 1.54 bits per heavy atom. The minimum Gasteiger partial charge on any atom is -0.870 e. The standard InChI is InChI=1S/C9H20N2.K.H2O/c1-4-9(2)7-11-6-5-8(9)10-3;;/h8,10-11H,4-7H2,1-3H3;;1H2/q;+1;/p-1. The van der Waals surface area contributed by atoms with Crippen molar-refractivity contribution in [1.82, 2.24) is 10.6 Å². The van der Waals surface area contributed by atoms with Gasteiger partial charge in [0.25, 0.3) is 0 Å². The maximum atomic E-state index is 3.45. The van der Waals surface area contributed by atoms with Gasteiger partial charge in [-0.3, -0.25) is 0 Å². The van der Waals surface area contributed by atoms with E-state index in [1.54, 1.807) is 0 Å². The molecule has 0 radical (unpaired) electrons. The Morgan fingerprint density at radius 2 is 2.15 bits per heavy atom. The van der Waals surface area contributed by atoms with Gasteiger partial charge in [-0.15, -0.1) is 0 Å². The molecule has 1 aliphatic rings. The summed E-state index contributed by atoms with van der Waals surface area (Å²) in [7, 11) is 2.07. The molecule has 4 heteroatoms. The molecule has 1 rings (SSSR count). The molecular weight excluding hydrogens is 191 g/mol. The third-order valence-corrected chi connectivity index (χ3v) is 3.14. The van der Waals surface area contributed by atoms with Gasteiger partial charge < -0.3 is 16.1 Å². The normalized spacial score (nSPS) is 33.0. The minimum absolute atomic E-state index is 0. The topological polar surface area (TPSA) is 54.1 Å². The molecule has 0 aromatic heterocycles. The number of hydrogen-bond donors (Lipinski definition) is 2. The molecular formula is C9H21KN2O. The van der Waals surface area contributed by atoms with Crippen LogP contribution in [0.3, 0.4) is 0 Å². The summed E-state index contributed by atoms with van der Waals surface area (Å²) in [6.45, 7) is 6.97. The first-order valence-corrected chi connectivity index (χ1v) is 4.61. The van der Waals surface area contributed by atoms with E-state index in [1.165, 1.54) is 19.4 Å². The SMILES string of the molecule is CCC1(C)CNCCC1NC.[K+].[OH-]. The average molecular weight is 212 g/mol. The van der Waals surface area contributed by atoms with Crippen molar-refractivity contribution in [3.05, 3.63) is 0 Å². The molecule has 0 saturated carbocycles. The van der Waals surface area contributed by atoms with Gasteiger partial charge in [0.2, 0.25) is 0 Å². The smallest absolute Gasteiger partial charge is 0.870 e. The fraction of sp³-hybridized carbons (Fsp3) is 1.00. The van der Waals surface area contributed by atoms with E-state index in [1.807, 2.05) is 0 Å². The predicted octanol–water partition coefficient (Wildman–Crippen LogP) is -2.19. The fourth-order valence-electron chi connectivity index (χ4n) is 1.96. The van der Waals surface area contributed by atoms with Gasteiger partial charge in [0, 0.05) is 12.6 Å². The molecule has 0 aromatic rings. The van der Waals surface area contributed by atoms with Crippen LogP contribution in [-0.2, 0) is 0 Å². The summed E-state index contributed by atoms with van der Waals surface area (Å²) in [5, 5.41) is 6.86. The minimum atomic E-state index is 0. The summed E-state index contributed by atoms with van der Waals surface area (Å²) >= 11 is 0. The van der Waals surface area contributed by atoms with Gasteiger partial charge in [-0.1, -0.05) is 13.8 Å². The van der Waals surface area contributed by atoms with Crippen LogP contribution >= 0.6 is 0 Å². The van der Waals surface area contributed by atoms with Crippen molar-refractivity contribution in [1.29, 1.82) is 0 Å². The van der Waals surface area contributed by atoms with E-state index in [0.29, 0.717) is 11.5 Å². The van der Waals surface area contributed by atoms with Crippen molar-refractivity contribution in [3.8, 4) is 0 Å². The van der Waals surface area contributed by atoms with Gasteiger partial charge in [-0.05, 0) is 31.8 Å². The van der Waals surface area contributed by atoms with Gasteiger partial charge in [-0.25, -0.2) is 0 Å². The first-order chi connectivity index (χ1) is 5.23. The van der Waals surface area contributed by atoms with Crippen LogP contribution in [0, 0.1) is 5.41 Å². The summed E-state index contributed by atoms with van der Waals surface area (Å²) in [5.41, 5.74) is 0.465. The molecule has 3 N–H and O–H groups in total. The van der Waals surface area contributed by atoms with Gasteiger partial charge >= 0.3 is 51.4 Å². The van der Waals surface area contributed by atoms with E-state index in [0.717, 1.165) is 6.54 Å². The Morgan fingerprint density at radius 3 is 2.54 bits per heavy atom. The molecule has 0 bridgehead atoms. The zero-order valence-corrected chi connectivity index (χ0v) is 12.5. The second kappa shape index (κ2) is 7.76. The van der Waals surface area contributed by atoms with Crippen molar-refractivity contribution < 1.29 is 56.9 Å². The van der Waals surface area contributed by atoms with Crippen LogP contribution in [0.4, 0.5) is 0 Å². The van der Waals surface area contributed by atoms with Crippen LogP contribution in [0.5, 0.6) is 0 Å². The molecule has 13 heavy (non-hydrogen) atoms. The van der Waals surface area contributed by atoms with Crippen molar-refractivity contribution >= 4 is 0 Å². The monoisotopic (exact) mass is 212 g/mol. The van der Waals surface area contributed by atoms with E-state index in [2.05, 4.69) is 31.5 Å². The van der Waals surface area contributed by atoms with Crippen LogP contribution in [0.2, 0.25) is 0 Å². The predicted molar refractivity (Wildman–Crippen MR) is 50.7 cm³/mol. The van der Waals surface area contributed by atoms with E-state index in [-0.39, 0.29) is 56.9 Å². The molecule has 0 aliphatic carbocycles. The molecule has 0 aromatic carbocycles. The Hall–Kier alpha value is 1.52. The fourth-order valence-corrected chi connectivity index (χ4v) is 1.96. The maximum Gasteiger partial charge on any atom is 1.00 e. The zero-order valence-electron chi connectivity index (χ0n) is 9.35. The van der Waals surface area contributed by atoms with Crippen molar-refractivity contribution in [3.63, 3.8) is 0 Å². The summed E-state index contributed by atoms with van der Waals surface area (Å²) < 4.78 is 0. The molecule has 2 atom stereocenters. The summed E-state index contributed by atoms with van der Waals surface area (Å²) in [5.74, 6) is 0. The number of piperidine rings is 1. The Balaban J connectivity index is 0.